The van der Waals surface area contributed by atoms with Crippen LogP contribution in [0.15, 0.2) is 0 Å². The van der Waals surface area contributed by atoms with E-state index in [4.69, 9.17) is 0 Å². The molecule has 1 aliphatic rings. The van der Waals surface area contributed by atoms with E-state index in [1.165, 1.54) is 7.11 Å². The van der Waals surface area contributed by atoms with E-state index >= 15 is 0 Å². The molecule has 0 spiro atoms. The highest BCUT2D eigenvalue weighted by atomic mass is 16.5. The molecule has 4 heteroatoms. The van der Waals surface area contributed by atoms with Crippen LogP contribution < -0.4 is 5.32 Å². The third-order valence-corrected chi connectivity index (χ3v) is 3.34. The monoisotopic (exact) mass is 241 g/mol. The van der Waals surface area contributed by atoms with Gasteiger partial charge in [-0.15, -0.1) is 0 Å². The van der Waals surface area contributed by atoms with Crippen molar-refractivity contribution in [3.63, 3.8) is 0 Å². The third kappa shape index (κ3) is 4.02. The predicted molar refractivity (Wildman–Crippen MR) is 65.7 cm³/mol. The molecule has 1 fully saturated rings. The summed E-state index contributed by atoms with van der Waals surface area (Å²) in [4.78, 5) is 23.1. The Kier molecular flexibility index (Phi) is 4.54. The second-order valence-electron chi connectivity index (χ2n) is 5.80. The topological polar surface area (TPSA) is 55.4 Å². The lowest BCUT2D eigenvalue weighted by Gasteiger charge is -2.31. The van der Waals surface area contributed by atoms with Gasteiger partial charge in [-0.25, -0.2) is 4.79 Å². The zero-order valence-corrected chi connectivity index (χ0v) is 11.2. The van der Waals surface area contributed by atoms with E-state index in [1.807, 2.05) is 20.8 Å². The van der Waals surface area contributed by atoms with Gasteiger partial charge in [0.1, 0.15) is 5.78 Å². The summed E-state index contributed by atoms with van der Waals surface area (Å²) in [6.07, 6.45) is 3.08. The Hall–Kier alpha value is -1.06. The molecule has 17 heavy (non-hydrogen) atoms. The molecule has 0 heterocycles. The number of nitrogens with one attached hydrogen (secondary N) is 1. The number of hydrogen-bond acceptors (Lipinski definition) is 3. The van der Waals surface area contributed by atoms with Crippen molar-refractivity contribution in [3.05, 3.63) is 0 Å². The van der Waals surface area contributed by atoms with Crippen LogP contribution in [0.4, 0.5) is 4.79 Å². The lowest BCUT2D eigenvalue weighted by atomic mass is 9.75. The number of hydrogen-bond donors (Lipinski definition) is 1. The van der Waals surface area contributed by atoms with Gasteiger partial charge in [0, 0.05) is 17.4 Å². The van der Waals surface area contributed by atoms with Crippen LogP contribution in [0.5, 0.6) is 0 Å². The Morgan fingerprint density at radius 2 is 1.65 bits per heavy atom. The highest BCUT2D eigenvalue weighted by Gasteiger charge is 2.33. The van der Waals surface area contributed by atoms with Gasteiger partial charge in [0.05, 0.1) is 7.11 Å². The molecular formula is C13H23NO3. The van der Waals surface area contributed by atoms with Gasteiger partial charge in [0.25, 0.3) is 0 Å². The maximum atomic E-state index is 12.1. The fraction of sp³-hybridized carbons (Fsp3) is 0.846. The van der Waals surface area contributed by atoms with Gasteiger partial charge < -0.3 is 10.1 Å². The summed E-state index contributed by atoms with van der Waals surface area (Å²) in [5.41, 5.74) is -0.257. The molecule has 0 aromatic carbocycles. The second kappa shape index (κ2) is 5.52. The summed E-state index contributed by atoms with van der Waals surface area (Å²) >= 11 is 0. The standard InChI is InChI=1S/C13H23NO3/c1-13(2,3)11(15)9-5-7-10(8-6-9)14-12(16)17-4/h9-10H,5-8H2,1-4H3,(H,14,16)/t9-,10+. The summed E-state index contributed by atoms with van der Waals surface area (Å²) in [6, 6.07) is 0.159. The maximum Gasteiger partial charge on any atom is 0.407 e. The Balaban J connectivity index is 2.41. The normalized spacial score (nSPS) is 25.2. The number of alkyl carbamates (subject to hydrolysis) is 1. The summed E-state index contributed by atoms with van der Waals surface area (Å²) in [5, 5.41) is 2.79. The largest absolute Gasteiger partial charge is 0.453 e. The molecule has 1 N–H and O–H groups in total. The highest BCUT2D eigenvalue weighted by Crippen LogP contribution is 2.31. The Bertz CT molecular complexity index is 286. The van der Waals surface area contributed by atoms with E-state index in [-0.39, 0.29) is 23.5 Å². The minimum atomic E-state index is -0.379. The van der Waals surface area contributed by atoms with Crippen molar-refractivity contribution in [2.45, 2.75) is 52.5 Å². The van der Waals surface area contributed by atoms with Gasteiger partial charge in [-0.1, -0.05) is 20.8 Å². The average molecular weight is 241 g/mol. The first-order valence-electron chi connectivity index (χ1n) is 6.23. The number of ether oxygens (including phenoxy) is 1. The minimum Gasteiger partial charge on any atom is -0.453 e. The van der Waals surface area contributed by atoms with Crippen molar-refractivity contribution in [1.29, 1.82) is 0 Å². The smallest absolute Gasteiger partial charge is 0.407 e. The van der Waals surface area contributed by atoms with Crippen LogP contribution in [0.2, 0.25) is 0 Å². The predicted octanol–water partition coefficient (Wildman–Crippen LogP) is 2.52. The molecular weight excluding hydrogens is 218 g/mol. The molecule has 0 bridgehead atoms. The number of carbonyl (C=O) groups excluding carboxylic acids is 2. The zero-order valence-electron chi connectivity index (χ0n) is 11.2. The zero-order chi connectivity index (χ0) is 13.1. The molecule has 4 nitrogen and oxygen atoms in total. The van der Waals surface area contributed by atoms with Gasteiger partial charge in [0.2, 0.25) is 0 Å². The van der Waals surface area contributed by atoms with Crippen LogP contribution in [-0.2, 0) is 9.53 Å². The molecule has 0 radical (unpaired) electrons. The lowest BCUT2D eigenvalue weighted by molar-refractivity contribution is -0.131. The average Bonchev–Trinajstić information content (AvgIpc) is 2.27. The SMILES string of the molecule is COC(=O)N[C@H]1CC[C@@H](C(=O)C(C)(C)C)CC1. The van der Waals surface area contributed by atoms with Crippen molar-refractivity contribution in [1.82, 2.24) is 5.32 Å². The minimum absolute atomic E-state index is 0.158. The van der Waals surface area contributed by atoms with Crippen molar-refractivity contribution in [2.24, 2.45) is 11.3 Å². The van der Waals surface area contributed by atoms with Crippen molar-refractivity contribution in [2.75, 3.05) is 7.11 Å². The molecule has 0 saturated heterocycles. The van der Waals surface area contributed by atoms with Gasteiger partial charge in [0.15, 0.2) is 0 Å². The van der Waals surface area contributed by atoms with Crippen LogP contribution in [0.25, 0.3) is 0 Å². The van der Waals surface area contributed by atoms with Crippen LogP contribution in [0.1, 0.15) is 46.5 Å². The fourth-order valence-corrected chi connectivity index (χ4v) is 2.34. The second-order valence-corrected chi connectivity index (χ2v) is 5.80. The maximum absolute atomic E-state index is 12.1. The number of methoxy groups -OCH3 is 1. The van der Waals surface area contributed by atoms with E-state index in [9.17, 15) is 9.59 Å². The van der Waals surface area contributed by atoms with E-state index in [0.29, 0.717) is 5.78 Å². The number of Topliss-reactive ketones (excluding diaryl/α,β-unsaturated/α-hetero) is 1. The summed E-state index contributed by atoms with van der Waals surface area (Å²) in [6.45, 7) is 5.90. The molecule has 0 aliphatic heterocycles. The van der Waals surface area contributed by atoms with Gasteiger partial charge in [-0.2, -0.15) is 0 Å². The molecule has 0 aromatic heterocycles. The molecule has 0 aromatic rings. The van der Waals surface area contributed by atoms with Gasteiger partial charge in [-0.05, 0) is 25.7 Å². The Morgan fingerprint density at radius 1 is 1.12 bits per heavy atom. The number of amides is 1. The van der Waals surface area contributed by atoms with E-state index in [2.05, 4.69) is 10.1 Å². The molecule has 1 saturated carbocycles. The number of rotatable bonds is 2. The molecule has 1 amide bonds. The van der Waals surface area contributed by atoms with Gasteiger partial charge in [-0.3, -0.25) is 4.79 Å². The fourth-order valence-electron chi connectivity index (χ4n) is 2.34. The highest BCUT2D eigenvalue weighted by molar-refractivity contribution is 5.86. The van der Waals surface area contributed by atoms with E-state index in [1.54, 1.807) is 0 Å². The summed E-state index contributed by atoms with van der Waals surface area (Å²) in [7, 11) is 1.37. The quantitative estimate of drug-likeness (QED) is 0.808. The van der Waals surface area contributed by atoms with Crippen LogP contribution in [-0.4, -0.2) is 25.0 Å². The van der Waals surface area contributed by atoms with Crippen molar-refractivity contribution in [3.8, 4) is 0 Å². The third-order valence-electron chi connectivity index (χ3n) is 3.34. The summed E-state index contributed by atoms with van der Waals surface area (Å²) < 4.78 is 4.56. The molecule has 1 rings (SSSR count). The summed E-state index contributed by atoms with van der Waals surface area (Å²) in [5.74, 6) is 0.500. The van der Waals surface area contributed by atoms with Gasteiger partial charge >= 0.3 is 6.09 Å². The van der Waals surface area contributed by atoms with Crippen LogP contribution in [0, 0.1) is 11.3 Å². The Labute approximate surface area is 103 Å². The molecule has 98 valence electrons. The van der Waals surface area contributed by atoms with E-state index < -0.39 is 0 Å². The molecule has 1 aliphatic carbocycles. The number of carbonyl (C=O) groups is 2. The first-order valence-corrected chi connectivity index (χ1v) is 6.23. The van der Waals surface area contributed by atoms with Crippen molar-refractivity contribution < 1.29 is 14.3 Å². The van der Waals surface area contributed by atoms with E-state index in [0.717, 1.165) is 25.7 Å². The first-order chi connectivity index (χ1) is 7.84. The lowest BCUT2D eigenvalue weighted by Crippen LogP contribution is -2.40. The number of ketones is 1. The first kappa shape index (κ1) is 14.0. The van der Waals surface area contributed by atoms with Crippen LogP contribution >= 0.6 is 0 Å². The molecule has 0 atom stereocenters. The molecule has 0 unspecified atom stereocenters. The van der Waals surface area contributed by atoms with Crippen LogP contribution in [0.3, 0.4) is 0 Å². The Morgan fingerprint density at radius 3 is 2.06 bits per heavy atom. The van der Waals surface area contributed by atoms with Crippen molar-refractivity contribution >= 4 is 11.9 Å².